The molecule has 0 aliphatic carbocycles. The van der Waals surface area contributed by atoms with Gasteiger partial charge in [0, 0.05) is 6.20 Å². The van der Waals surface area contributed by atoms with Gasteiger partial charge < -0.3 is 17.4 Å². The fraction of sp³-hybridized carbons (Fsp3) is 0.182. The first-order valence-electron chi connectivity index (χ1n) is 4.27. The summed E-state index contributed by atoms with van der Waals surface area (Å²) in [6, 6.07) is 3.71. The average molecular weight is 245 g/mol. The predicted octanol–water partition coefficient (Wildman–Crippen LogP) is -2.65. The van der Waals surface area contributed by atoms with Crippen LogP contribution in [-0.4, -0.2) is 17.3 Å². The molecule has 0 radical (unpaired) electrons. The third-order valence-corrected chi connectivity index (χ3v) is 1.82. The van der Waals surface area contributed by atoms with Crippen LogP contribution >= 0.6 is 0 Å². The molecule has 1 aromatic heterocycles. The quantitative estimate of drug-likeness (QED) is 0.427. The molecule has 1 aromatic rings. The summed E-state index contributed by atoms with van der Waals surface area (Å²) in [5, 5.41) is 1.55. The summed E-state index contributed by atoms with van der Waals surface area (Å²) in [6.07, 6.45) is 3.33. The van der Waals surface area contributed by atoms with Crippen molar-refractivity contribution < 1.29 is 56.1 Å². The second-order valence-corrected chi connectivity index (χ2v) is 3.04. The maximum Gasteiger partial charge on any atom is 1.00 e. The number of rotatable bonds is 4. The molecule has 15 heavy (non-hydrogen) atoms. The van der Waals surface area contributed by atoms with Crippen molar-refractivity contribution in [2.24, 2.45) is 0 Å². The SMILES string of the molecule is C=C/C(OCC[S-])=c1/ncccc1=C.[K+]. The minimum absolute atomic E-state index is 0. The molecular weight excluding hydrogens is 233 g/mol. The molecule has 1 heterocycles. The van der Waals surface area contributed by atoms with E-state index in [0.717, 1.165) is 10.6 Å². The first-order chi connectivity index (χ1) is 6.79. The number of ether oxygens (including phenoxy) is 1. The van der Waals surface area contributed by atoms with Gasteiger partial charge in [-0.2, -0.15) is 0 Å². The molecule has 0 aromatic carbocycles. The third kappa shape index (κ3) is 4.85. The van der Waals surface area contributed by atoms with Crippen LogP contribution in [0.2, 0.25) is 0 Å². The summed E-state index contributed by atoms with van der Waals surface area (Å²) in [4.78, 5) is 4.17. The first-order valence-corrected chi connectivity index (χ1v) is 4.85. The Hall–Kier alpha value is 0.416. The van der Waals surface area contributed by atoms with Gasteiger partial charge in [0.25, 0.3) is 0 Å². The molecule has 74 valence electrons. The van der Waals surface area contributed by atoms with Gasteiger partial charge in [-0.3, -0.25) is 4.98 Å². The molecule has 0 unspecified atom stereocenters. The zero-order chi connectivity index (χ0) is 10.4. The fourth-order valence-corrected chi connectivity index (χ4v) is 1.12. The van der Waals surface area contributed by atoms with Crippen LogP contribution in [-0.2, 0) is 17.4 Å². The minimum Gasteiger partial charge on any atom is -0.789 e. The Balaban J connectivity index is 0.00000196. The molecule has 2 nitrogen and oxygen atoms in total. The van der Waals surface area contributed by atoms with Gasteiger partial charge in [-0.1, -0.05) is 19.2 Å². The van der Waals surface area contributed by atoms with E-state index >= 15 is 0 Å². The van der Waals surface area contributed by atoms with Gasteiger partial charge in [0.2, 0.25) is 0 Å². The number of pyridine rings is 1. The van der Waals surface area contributed by atoms with Gasteiger partial charge >= 0.3 is 51.4 Å². The van der Waals surface area contributed by atoms with Crippen molar-refractivity contribution >= 4 is 25.0 Å². The first kappa shape index (κ1) is 15.4. The summed E-state index contributed by atoms with van der Waals surface area (Å²) in [7, 11) is 0. The van der Waals surface area contributed by atoms with Crippen molar-refractivity contribution in [3.63, 3.8) is 0 Å². The van der Waals surface area contributed by atoms with Gasteiger partial charge in [0.15, 0.2) is 0 Å². The second-order valence-electron chi connectivity index (χ2n) is 2.63. The molecule has 0 aliphatic heterocycles. The van der Waals surface area contributed by atoms with E-state index in [1.807, 2.05) is 12.1 Å². The molecule has 0 atom stereocenters. The van der Waals surface area contributed by atoms with E-state index < -0.39 is 0 Å². The predicted molar refractivity (Wildman–Crippen MR) is 60.8 cm³/mol. The van der Waals surface area contributed by atoms with Crippen LogP contribution in [0.3, 0.4) is 0 Å². The van der Waals surface area contributed by atoms with Gasteiger partial charge in [-0.15, -0.1) is 5.75 Å². The Kier molecular flexibility index (Phi) is 8.79. The number of hydrogen-bond acceptors (Lipinski definition) is 3. The van der Waals surface area contributed by atoms with Crippen molar-refractivity contribution in [3.8, 4) is 0 Å². The Labute approximate surface area is 138 Å². The van der Waals surface area contributed by atoms with Crippen LogP contribution in [0.4, 0.5) is 0 Å². The number of nitrogens with zero attached hydrogens (tertiary/aromatic N) is 1. The Morgan fingerprint density at radius 1 is 1.60 bits per heavy atom. The monoisotopic (exact) mass is 245 g/mol. The molecular formula is C11H12KNOS. The van der Waals surface area contributed by atoms with E-state index in [9.17, 15) is 0 Å². The molecule has 0 saturated heterocycles. The van der Waals surface area contributed by atoms with Crippen LogP contribution < -0.4 is 62.0 Å². The van der Waals surface area contributed by atoms with Crippen LogP contribution in [0.5, 0.6) is 0 Å². The van der Waals surface area contributed by atoms with Crippen LogP contribution in [0, 0.1) is 0 Å². The average Bonchev–Trinajstić information content (AvgIpc) is 2.21. The molecule has 4 heteroatoms. The van der Waals surface area contributed by atoms with Crippen molar-refractivity contribution in [1.82, 2.24) is 4.98 Å². The number of hydrogen-bond donors (Lipinski definition) is 0. The maximum absolute atomic E-state index is 5.40. The van der Waals surface area contributed by atoms with E-state index in [2.05, 4.69) is 18.1 Å². The van der Waals surface area contributed by atoms with Gasteiger partial charge in [0.05, 0.1) is 6.61 Å². The van der Waals surface area contributed by atoms with E-state index in [0.29, 0.717) is 18.1 Å². The van der Waals surface area contributed by atoms with E-state index in [1.165, 1.54) is 0 Å². The fourth-order valence-electron chi connectivity index (χ4n) is 1.04. The third-order valence-electron chi connectivity index (χ3n) is 1.65. The van der Waals surface area contributed by atoms with Crippen LogP contribution in [0.1, 0.15) is 0 Å². The molecule has 0 spiro atoms. The van der Waals surface area contributed by atoms with Crippen LogP contribution in [0.15, 0.2) is 31.0 Å². The molecule has 0 aliphatic rings. The van der Waals surface area contributed by atoms with E-state index in [-0.39, 0.29) is 51.4 Å². The van der Waals surface area contributed by atoms with Crippen molar-refractivity contribution in [2.45, 2.75) is 0 Å². The Bertz CT molecular complexity index is 419. The van der Waals surface area contributed by atoms with Crippen molar-refractivity contribution in [3.05, 3.63) is 41.6 Å². The molecule has 1 rings (SSSR count). The van der Waals surface area contributed by atoms with Gasteiger partial charge in [0.1, 0.15) is 11.1 Å². The Morgan fingerprint density at radius 3 is 2.87 bits per heavy atom. The largest absolute Gasteiger partial charge is 1.00 e. The van der Waals surface area contributed by atoms with Crippen molar-refractivity contribution in [2.75, 3.05) is 12.4 Å². The smallest absolute Gasteiger partial charge is 0.789 e. The van der Waals surface area contributed by atoms with Gasteiger partial charge in [-0.05, 0) is 17.4 Å². The van der Waals surface area contributed by atoms with Gasteiger partial charge in [-0.25, -0.2) is 0 Å². The maximum atomic E-state index is 5.40. The second kappa shape index (κ2) is 8.55. The minimum atomic E-state index is 0. The molecule has 0 saturated carbocycles. The normalized spacial score (nSPS) is 11.3. The molecule has 0 fully saturated rings. The summed E-state index contributed by atoms with van der Waals surface area (Å²) in [5.41, 5.74) is 0. The van der Waals surface area contributed by atoms with Crippen LogP contribution in [0.25, 0.3) is 12.3 Å². The zero-order valence-electron chi connectivity index (χ0n) is 8.90. The number of aromatic nitrogens is 1. The Morgan fingerprint density at radius 2 is 2.33 bits per heavy atom. The van der Waals surface area contributed by atoms with E-state index in [4.69, 9.17) is 17.4 Å². The summed E-state index contributed by atoms with van der Waals surface area (Å²) in [6.45, 7) is 8.02. The summed E-state index contributed by atoms with van der Waals surface area (Å²) < 4.78 is 5.40. The van der Waals surface area contributed by atoms with E-state index in [1.54, 1.807) is 12.3 Å². The molecule has 0 amide bonds. The summed E-state index contributed by atoms with van der Waals surface area (Å²) in [5.74, 6) is 1.19. The molecule has 0 N–H and O–H groups in total. The summed E-state index contributed by atoms with van der Waals surface area (Å²) >= 11 is 4.79. The van der Waals surface area contributed by atoms with Crippen molar-refractivity contribution in [1.29, 1.82) is 0 Å². The standard InChI is InChI=1S/C11H13NOS.K/c1-3-10(13-7-8-14)11-9(2)5-4-6-12-11;/h3-6,14H,1-2,7-8H2;/q;+1/p-1/b11-10-;. The topological polar surface area (TPSA) is 22.1 Å². The zero-order valence-corrected chi connectivity index (χ0v) is 12.8. The molecule has 0 bridgehead atoms.